The van der Waals surface area contributed by atoms with Crippen LogP contribution in [0, 0.1) is 0 Å². The molecule has 0 aliphatic carbocycles. The molecule has 0 saturated heterocycles. The van der Waals surface area contributed by atoms with Crippen molar-refractivity contribution >= 4 is 15.8 Å². The summed E-state index contributed by atoms with van der Waals surface area (Å²) in [6.07, 6.45) is 1.37. The Morgan fingerprint density at radius 2 is 2.21 bits per heavy atom. The molecule has 3 N–H and O–H groups in total. The fourth-order valence-corrected chi connectivity index (χ4v) is 2.57. The molecule has 0 radical (unpaired) electrons. The van der Waals surface area contributed by atoms with Crippen molar-refractivity contribution in [3.8, 4) is 0 Å². The van der Waals surface area contributed by atoms with Crippen LogP contribution in [0.1, 0.15) is 5.69 Å². The Balaban J connectivity index is 2.31. The first kappa shape index (κ1) is 13.3. The molecule has 0 bridgehead atoms. The van der Waals surface area contributed by atoms with Gasteiger partial charge >= 0.3 is 0 Å². The number of aromatic nitrogens is 3. The topological polar surface area (TPSA) is 117 Å². The monoisotopic (exact) mass is 284 g/mol. The van der Waals surface area contributed by atoms with Gasteiger partial charge in [-0.15, -0.1) is 0 Å². The van der Waals surface area contributed by atoms with Gasteiger partial charge in [0.1, 0.15) is 4.90 Å². The number of aromatic amines is 1. The van der Waals surface area contributed by atoms with Crippen LogP contribution in [-0.4, -0.2) is 28.3 Å². The van der Waals surface area contributed by atoms with E-state index in [1.54, 1.807) is 7.05 Å². The molecule has 0 aliphatic heterocycles. The van der Waals surface area contributed by atoms with Crippen molar-refractivity contribution in [3.63, 3.8) is 0 Å². The lowest BCUT2D eigenvalue weighted by atomic mass is 10.5. The molecule has 0 atom stereocenters. The lowest BCUT2D eigenvalue weighted by Gasteiger charge is -2.04. The summed E-state index contributed by atoms with van der Waals surface area (Å²) in [5, 5.41) is 14.7. The fraction of sp³-hybridized carbons (Fsp3) is 0.200. The predicted molar refractivity (Wildman–Crippen MR) is 67.0 cm³/mol. The van der Waals surface area contributed by atoms with Crippen molar-refractivity contribution in [2.45, 2.75) is 11.5 Å². The second-order valence-electron chi connectivity index (χ2n) is 3.85. The first-order valence-electron chi connectivity index (χ1n) is 5.27. The predicted octanol–water partition coefficient (Wildman–Crippen LogP) is -0.599. The minimum Gasteiger partial charge on any atom is -0.390 e. The van der Waals surface area contributed by atoms with Gasteiger partial charge in [-0.25, -0.2) is 13.5 Å². The molecule has 2 aromatic rings. The first-order valence-corrected chi connectivity index (χ1v) is 6.75. The highest BCUT2D eigenvalue weighted by Crippen LogP contribution is 2.16. The van der Waals surface area contributed by atoms with Gasteiger partial charge in [0.2, 0.25) is 0 Å². The van der Waals surface area contributed by atoms with Crippen LogP contribution in [0.4, 0.5) is 5.82 Å². The first-order chi connectivity index (χ1) is 8.92. The maximum atomic E-state index is 12.0. The summed E-state index contributed by atoms with van der Waals surface area (Å²) in [5.74, 6) is 0.00833. The third kappa shape index (κ3) is 2.83. The molecule has 0 aliphatic rings. The fourth-order valence-electron chi connectivity index (χ4n) is 1.48. The largest absolute Gasteiger partial charge is 0.390 e. The van der Waals surface area contributed by atoms with Crippen LogP contribution in [-0.2, 0) is 23.7 Å². The molecule has 0 unspecified atom stereocenters. The molecule has 2 aromatic heterocycles. The zero-order chi connectivity index (χ0) is 14.0. The number of nitrogens with zero attached hydrogens (tertiary/aromatic N) is 2. The number of nitrogens with one attached hydrogen (secondary N) is 2. The average molecular weight is 284 g/mol. The maximum absolute atomic E-state index is 12.0. The SMILES string of the molecule is Cn1cc(S(=O)(=O)Nc2ccc(=O)[nH]n2)cc1CO. The van der Waals surface area contributed by atoms with E-state index >= 15 is 0 Å². The van der Waals surface area contributed by atoms with Gasteiger partial charge in [0.25, 0.3) is 15.6 Å². The molecule has 0 amide bonds. The third-order valence-electron chi connectivity index (χ3n) is 2.47. The van der Waals surface area contributed by atoms with Crippen LogP contribution in [0.2, 0.25) is 0 Å². The number of anilines is 1. The number of hydrogen-bond acceptors (Lipinski definition) is 5. The molecule has 19 heavy (non-hydrogen) atoms. The number of aliphatic hydroxyl groups excluding tert-OH is 1. The van der Waals surface area contributed by atoms with Crippen LogP contribution in [0.15, 0.2) is 34.1 Å². The zero-order valence-electron chi connectivity index (χ0n) is 9.99. The second kappa shape index (κ2) is 4.86. The molecule has 0 spiro atoms. The Hall–Kier alpha value is -2.13. The number of aliphatic hydroxyl groups is 1. The van der Waals surface area contributed by atoms with Crippen LogP contribution in [0.25, 0.3) is 0 Å². The van der Waals surface area contributed by atoms with Crippen molar-refractivity contribution in [2.75, 3.05) is 4.72 Å². The van der Waals surface area contributed by atoms with E-state index in [0.717, 1.165) is 6.07 Å². The highest BCUT2D eigenvalue weighted by Gasteiger charge is 2.18. The molecule has 2 heterocycles. The Morgan fingerprint density at radius 1 is 1.47 bits per heavy atom. The van der Waals surface area contributed by atoms with Crippen molar-refractivity contribution in [1.82, 2.24) is 14.8 Å². The van der Waals surface area contributed by atoms with Gasteiger partial charge in [0.15, 0.2) is 5.82 Å². The number of H-pyrrole nitrogens is 1. The molecule has 0 aromatic carbocycles. The summed E-state index contributed by atoms with van der Waals surface area (Å²) in [6.45, 7) is -0.261. The van der Waals surface area contributed by atoms with Crippen molar-refractivity contribution in [1.29, 1.82) is 0 Å². The summed E-state index contributed by atoms with van der Waals surface area (Å²) in [4.78, 5) is 10.8. The van der Waals surface area contributed by atoms with Gasteiger partial charge in [0, 0.05) is 25.0 Å². The third-order valence-corrected chi connectivity index (χ3v) is 3.79. The van der Waals surface area contributed by atoms with Crippen molar-refractivity contribution in [3.05, 3.63) is 40.4 Å². The second-order valence-corrected chi connectivity index (χ2v) is 5.53. The van der Waals surface area contributed by atoms with E-state index in [9.17, 15) is 13.2 Å². The van der Waals surface area contributed by atoms with E-state index in [2.05, 4.69) is 14.9 Å². The van der Waals surface area contributed by atoms with E-state index in [1.807, 2.05) is 0 Å². The lowest BCUT2D eigenvalue weighted by Crippen LogP contribution is -2.16. The van der Waals surface area contributed by atoms with E-state index in [4.69, 9.17) is 5.11 Å². The number of aryl methyl sites for hydroxylation is 1. The van der Waals surface area contributed by atoms with Gasteiger partial charge < -0.3 is 9.67 Å². The van der Waals surface area contributed by atoms with E-state index < -0.39 is 15.6 Å². The summed E-state index contributed by atoms with van der Waals surface area (Å²) in [7, 11) is -2.18. The Morgan fingerprint density at radius 3 is 2.74 bits per heavy atom. The van der Waals surface area contributed by atoms with Crippen LogP contribution >= 0.6 is 0 Å². The minimum absolute atomic E-state index is 0.00653. The summed E-state index contributed by atoms with van der Waals surface area (Å²) in [6, 6.07) is 3.77. The zero-order valence-corrected chi connectivity index (χ0v) is 10.8. The normalized spacial score (nSPS) is 11.5. The summed E-state index contributed by atoms with van der Waals surface area (Å²) >= 11 is 0. The van der Waals surface area contributed by atoms with E-state index in [0.29, 0.717) is 5.69 Å². The number of hydrogen-bond donors (Lipinski definition) is 3. The smallest absolute Gasteiger partial charge is 0.264 e. The Bertz CT molecular complexity index is 727. The van der Waals surface area contributed by atoms with Crippen LogP contribution in [0.3, 0.4) is 0 Å². The summed E-state index contributed by atoms with van der Waals surface area (Å²) < 4.78 is 27.8. The molecular formula is C10H12N4O4S. The van der Waals surface area contributed by atoms with Crippen molar-refractivity contribution < 1.29 is 13.5 Å². The quantitative estimate of drug-likeness (QED) is 0.693. The van der Waals surface area contributed by atoms with Crippen LogP contribution < -0.4 is 10.3 Å². The molecule has 0 fully saturated rings. The number of sulfonamides is 1. The summed E-state index contributed by atoms with van der Waals surface area (Å²) in [5.41, 5.74) is 0.0417. The maximum Gasteiger partial charge on any atom is 0.264 e. The molecule has 9 heteroatoms. The standard InChI is InChI=1S/C10H12N4O4S/c1-14-5-8(4-7(14)6-15)19(17,18)13-9-2-3-10(16)12-11-9/h2-5,15H,6H2,1H3,(H,11,13)(H,12,16). The lowest BCUT2D eigenvalue weighted by molar-refractivity contribution is 0.272. The average Bonchev–Trinajstić information content (AvgIpc) is 2.74. The van der Waals surface area contributed by atoms with Gasteiger partial charge in [-0.3, -0.25) is 9.52 Å². The molecule has 8 nitrogen and oxygen atoms in total. The highest BCUT2D eigenvalue weighted by atomic mass is 32.2. The van der Waals surface area contributed by atoms with Gasteiger partial charge in [-0.2, -0.15) is 5.10 Å². The Kier molecular flexibility index (Phi) is 3.40. The minimum atomic E-state index is -3.80. The molecule has 0 saturated carbocycles. The van der Waals surface area contributed by atoms with Gasteiger partial charge in [0.05, 0.1) is 6.61 Å². The van der Waals surface area contributed by atoms with E-state index in [-0.39, 0.29) is 17.3 Å². The van der Waals surface area contributed by atoms with Gasteiger partial charge in [-0.1, -0.05) is 0 Å². The van der Waals surface area contributed by atoms with E-state index in [1.165, 1.54) is 22.9 Å². The molecule has 102 valence electrons. The number of rotatable bonds is 4. The van der Waals surface area contributed by atoms with Crippen LogP contribution in [0.5, 0.6) is 0 Å². The molecule has 2 rings (SSSR count). The van der Waals surface area contributed by atoms with Gasteiger partial charge in [-0.05, 0) is 12.1 Å². The highest BCUT2D eigenvalue weighted by molar-refractivity contribution is 7.92. The Labute approximate surface area is 108 Å². The van der Waals surface area contributed by atoms with Crippen molar-refractivity contribution in [2.24, 2.45) is 7.05 Å². The molecular weight excluding hydrogens is 272 g/mol.